The Balaban J connectivity index is 1.95. The first kappa shape index (κ1) is 18.5. The molecule has 3 rings (SSSR count). The first-order valence-electron chi connectivity index (χ1n) is 9.12. The molecule has 0 saturated carbocycles. The van der Waals surface area contributed by atoms with Gasteiger partial charge in [-0.2, -0.15) is 0 Å². The minimum Gasteiger partial charge on any atom is -0.508 e. The maximum absolute atomic E-state index is 10.7. The highest BCUT2D eigenvalue weighted by Gasteiger charge is 2.17. The number of aromatic hydroxyl groups is 1. The second kappa shape index (κ2) is 7.96. The third kappa shape index (κ3) is 3.78. The summed E-state index contributed by atoms with van der Waals surface area (Å²) in [5.41, 5.74) is 4.87. The quantitative estimate of drug-likeness (QED) is 0.507. The highest BCUT2D eigenvalue weighted by molar-refractivity contribution is 7.13. The highest BCUT2D eigenvalue weighted by atomic mass is 32.1. The van der Waals surface area contributed by atoms with Gasteiger partial charge in [0.05, 0.1) is 10.6 Å². The van der Waals surface area contributed by atoms with Gasteiger partial charge in [0.2, 0.25) is 0 Å². The van der Waals surface area contributed by atoms with Crippen LogP contribution in [-0.4, -0.2) is 20.7 Å². The standard InChI is InChI=1S/C21H25NO3S/c1-3-15-11-19(26-13-15)21-14(2)17-12-16(23)8-9-18(17)22(21)10-6-4-5-7-20(24)25/h8-9,11-13,23H,3-7,10H2,1-2H3,(H,24,25). The van der Waals surface area contributed by atoms with E-state index < -0.39 is 5.97 Å². The molecule has 0 aliphatic carbocycles. The number of carboxylic acids is 1. The smallest absolute Gasteiger partial charge is 0.303 e. The Morgan fingerprint density at radius 3 is 2.69 bits per heavy atom. The Labute approximate surface area is 157 Å². The monoisotopic (exact) mass is 371 g/mol. The molecule has 0 saturated heterocycles. The van der Waals surface area contributed by atoms with Gasteiger partial charge in [-0.3, -0.25) is 4.79 Å². The number of rotatable bonds is 8. The Kier molecular flexibility index (Phi) is 5.67. The molecule has 0 aliphatic rings. The number of benzene rings is 1. The average Bonchev–Trinajstić information content (AvgIpc) is 3.17. The highest BCUT2D eigenvalue weighted by Crippen LogP contribution is 2.38. The molecule has 1 aromatic carbocycles. The minimum atomic E-state index is -0.728. The molecule has 0 atom stereocenters. The molecule has 0 spiro atoms. The number of unbranched alkanes of at least 4 members (excludes halogenated alkanes) is 2. The fourth-order valence-corrected chi connectivity index (χ4v) is 4.58. The van der Waals surface area contributed by atoms with Crippen LogP contribution in [0.1, 0.15) is 43.7 Å². The summed E-state index contributed by atoms with van der Waals surface area (Å²) in [5, 5.41) is 22.0. The maximum Gasteiger partial charge on any atom is 0.303 e. The van der Waals surface area contributed by atoms with Crippen LogP contribution in [0.15, 0.2) is 29.6 Å². The van der Waals surface area contributed by atoms with E-state index in [2.05, 4.69) is 29.9 Å². The van der Waals surface area contributed by atoms with Gasteiger partial charge >= 0.3 is 5.97 Å². The van der Waals surface area contributed by atoms with Crippen molar-refractivity contribution in [3.63, 3.8) is 0 Å². The van der Waals surface area contributed by atoms with E-state index in [1.165, 1.54) is 21.7 Å². The van der Waals surface area contributed by atoms with Crippen LogP contribution in [0.5, 0.6) is 5.75 Å². The largest absolute Gasteiger partial charge is 0.508 e. The molecule has 2 N–H and O–H groups in total. The zero-order valence-electron chi connectivity index (χ0n) is 15.3. The molecule has 26 heavy (non-hydrogen) atoms. The molecule has 2 heterocycles. The Hall–Kier alpha value is -2.27. The van der Waals surface area contributed by atoms with Crippen LogP contribution in [0.4, 0.5) is 0 Å². The number of aromatic nitrogens is 1. The third-order valence-corrected chi connectivity index (χ3v) is 5.85. The summed E-state index contributed by atoms with van der Waals surface area (Å²) in [7, 11) is 0. The van der Waals surface area contributed by atoms with Crippen molar-refractivity contribution in [1.82, 2.24) is 4.57 Å². The van der Waals surface area contributed by atoms with Crippen molar-refractivity contribution in [2.24, 2.45) is 0 Å². The summed E-state index contributed by atoms with van der Waals surface area (Å²) in [6.07, 6.45) is 3.80. The van der Waals surface area contributed by atoms with Crippen LogP contribution in [0.3, 0.4) is 0 Å². The van der Waals surface area contributed by atoms with Gasteiger partial charge in [-0.25, -0.2) is 0 Å². The van der Waals surface area contributed by atoms with Gasteiger partial charge in [0.25, 0.3) is 0 Å². The number of hydrogen-bond donors (Lipinski definition) is 2. The molecule has 0 amide bonds. The molecular weight excluding hydrogens is 346 g/mol. The van der Waals surface area contributed by atoms with Crippen molar-refractivity contribution in [3.8, 4) is 16.3 Å². The Morgan fingerprint density at radius 1 is 1.19 bits per heavy atom. The molecule has 138 valence electrons. The number of phenols is 1. The van der Waals surface area contributed by atoms with E-state index in [0.717, 1.165) is 36.7 Å². The predicted molar refractivity (Wildman–Crippen MR) is 107 cm³/mol. The number of thiophene rings is 1. The van der Waals surface area contributed by atoms with E-state index in [0.29, 0.717) is 6.42 Å². The zero-order chi connectivity index (χ0) is 18.7. The number of carboxylic acid groups (broad SMARTS) is 1. The molecule has 4 nitrogen and oxygen atoms in total. The lowest BCUT2D eigenvalue weighted by atomic mass is 10.1. The number of phenolic OH excluding ortho intramolecular Hbond substituents is 1. The SMILES string of the molecule is CCc1csc(-c2c(C)c3cc(O)ccc3n2CCCCCC(=O)O)c1. The molecule has 0 aliphatic heterocycles. The number of nitrogens with zero attached hydrogens (tertiary/aromatic N) is 1. The number of fused-ring (bicyclic) bond motifs is 1. The number of aliphatic carboxylic acids is 1. The lowest BCUT2D eigenvalue weighted by molar-refractivity contribution is -0.137. The summed E-state index contributed by atoms with van der Waals surface area (Å²) in [4.78, 5) is 11.9. The van der Waals surface area contributed by atoms with Crippen LogP contribution in [0, 0.1) is 6.92 Å². The topological polar surface area (TPSA) is 62.5 Å². The van der Waals surface area contributed by atoms with Crippen molar-refractivity contribution in [2.75, 3.05) is 0 Å². The summed E-state index contributed by atoms with van der Waals surface area (Å²) in [6, 6.07) is 7.81. The molecule has 0 unspecified atom stereocenters. The van der Waals surface area contributed by atoms with Crippen molar-refractivity contribution in [1.29, 1.82) is 0 Å². The maximum atomic E-state index is 10.7. The fourth-order valence-electron chi connectivity index (χ4n) is 3.47. The van der Waals surface area contributed by atoms with E-state index >= 15 is 0 Å². The van der Waals surface area contributed by atoms with Gasteiger partial charge in [0.1, 0.15) is 5.75 Å². The van der Waals surface area contributed by atoms with Gasteiger partial charge < -0.3 is 14.8 Å². The number of aryl methyl sites for hydroxylation is 3. The second-order valence-electron chi connectivity index (χ2n) is 6.70. The molecular formula is C21H25NO3S. The molecule has 5 heteroatoms. The van der Waals surface area contributed by atoms with E-state index in [1.807, 2.05) is 12.1 Å². The van der Waals surface area contributed by atoms with Crippen LogP contribution in [0.25, 0.3) is 21.5 Å². The predicted octanol–water partition coefficient (Wildman–Crippen LogP) is 5.59. The van der Waals surface area contributed by atoms with Crippen LogP contribution < -0.4 is 0 Å². The molecule has 2 aromatic heterocycles. The van der Waals surface area contributed by atoms with Gasteiger partial charge in [-0.1, -0.05) is 13.3 Å². The van der Waals surface area contributed by atoms with Crippen molar-refractivity contribution in [2.45, 2.75) is 52.5 Å². The average molecular weight is 372 g/mol. The van der Waals surface area contributed by atoms with Crippen molar-refractivity contribution in [3.05, 3.63) is 40.8 Å². The van der Waals surface area contributed by atoms with E-state index in [-0.39, 0.29) is 12.2 Å². The number of carbonyl (C=O) groups is 1. The lowest BCUT2D eigenvalue weighted by Gasteiger charge is -2.10. The molecule has 0 fully saturated rings. The van der Waals surface area contributed by atoms with Crippen LogP contribution >= 0.6 is 11.3 Å². The second-order valence-corrected chi connectivity index (χ2v) is 7.62. The Morgan fingerprint density at radius 2 is 2.00 bits per heavy atom. The summed E-state index contributed by atoms with van der Waals surface area (Å²) in [5.74, 6) is -0.444. The minimum absolute atomic E-state index is 0.233. The molecule has 3 aromatic rings. The molecule has 0 radical (unpaired) electrons. The summed E-state index contributed by atoms with van der Waals surface area (Å²) in [6.45, 7) is 5.13. The van der Waals surface area contributed by atoms with Crippen LogP contribution in [0.2, 0.25) is 0 Å². The van der Waals surface area contributed by atoms with Gasteiger partial charge in [0.15, 0.2) is 0 Å². The third-order valence-electron chi connectivity index (χ3n) is 4.87. The summed E-state index contributed by atoms with van der Waals surface area (Å²) >= 11 is 1.76. The van der Waals surface area contributed by atoms with Crippen LogP contribution in [-0.2, 0) is 17.8 Å². The summed E-state index contributed by atoms with van der Waals surface area (Å²) < 4.78 is 2.33. The normalized spacial score (nSPS) is 11.3. The zero-order valence-corrected chi connectivity index (χ0v) is 16.1. The Bertz CT molecular complexity index is 923. The first-order valence-corrected chi connectivity index (χ1v) is 10.0. The first-order chi connectivity index (χ1) is 12.5. The van der Waals surface area contributed by atoms with E-state index in [9.17, 15) is 9.90 Å². The van der Waals surface area contributed by atoms with E-state index in [1.54, 1.807) is 17.4 Å². The van der Waals surface area contributed by atoms with Gasteiger partial charge in [0, 0.05) is 23.9 Å². The van der Waals surface area contributed by atoms with Crippen molar-refractivity contribution >= 4 is 28.2 Å². The molecule has 0 bridgehead atoms. The van der Waals surface area contributed by atoms with E-state index in [4.69, 9.17) is 5.11 Å². The number of hydrogen-bond acceptors (Lipinski definition) is 3. The van der Waals surface area contributed by atoms with Gasteiger partial charge in [-0.15, -0.1) is 11.3 Å². The van der Waals surface area contributed by atoms with Crippen molar-refractivity contribution < 1.29 is 15.0 Å². The fraction of sp³-hybridized carbons (Fsp3) is 0.381. The van der Waals surface area contributed by atoms with Gasteiger partial charge in [-0.05, 0) is 67.0 Å². The lowest BCUT2D eigenvalue weighted by Crippen LogP contribution is -2.01.